The summed E-state index contributed by atoms with van der Waals surface area (Å²) in [4.78, 5) is 0. The van der Waals surface area contributed by atoms with Gasteiger partial charge in [-0.3, -0.25) is 5.43 Å². The average molecular weight is 225 g/mol. The van der Waals surface area contributed by atoms with Gasteiger partial charge in [0.1, 0.15) is 5.82 Å². The van der Waals surface area contributed by atoms with Crippen LogP contribution in [-0.2, 0) is 0 Å². The van der Waals surface area contributed by atoms with Gasteiger partial charge in [-0.2, -0.15) is 5.10 Å². The molecule has 0 aromatic heterocycles. The molecular formula is C10H12FN3S. The standard InChI is InChI=1S/C10H12FN3S/c1-2-9(13-14-10(12)15)7-3-5-8(11)6-4-7/h3-6H,2H2,1H3,(H3,12,14,15). The van der Waals surface area contributed by atoms with E-state index in [1.54, 1.807) is 12.1 Å². The second-order valence-electron chi connectivity index (χ2n) is 2.89. The van der Waals surface area contributed by atoms with Crippen molar-refractivity contribution < 1.29 is 4.39 Å². The van der Waals surface area contributed by atoms with Crippen LogP contribution < -0.4 is 11.2 Å². The lowest BCUT2D eigenvalue weighted by Gasteiger charge is -2.04. The fourth-order valence-corrected chi connectivity index (χ4v) is 1.16. The van der Waals surface area contributed by atoms with Crippen LogP contribution in [0.4, 0.5) is 4.39 Å². The van der Waals surface area contributed by atoms with Gasteiger partial charge in [-0.05, 0) is 36.3 Å². The van der Waals surface area contributed by atoms with E-state index in [0.29, 0.717) is 6.42 Å². The summed E-state index contributed by atoms with van der Waals surface area (Å²) in [5.41, 5.74) is 9.39. The summed E-state index contributed by atoms with van der Waals surface area (Å²) < 4.78 is 12.7. The fraction of sp³-hybridized carbons (Fsp3) is 0.200. The molecular weight excluding hydrogens is 213 g/mol. The first-order valence-electron chi connectivity index (χ1n) is 4.51. The predicted molar refractivity (Wildman–Crippen MR) is 63.1 cm³/mol. The topological polar surface area (TPSA) is 50.4 Å². The molecule has 0 aliphatic heterocycles. The first-order valence-corrected chi connectivity index (χ1v) is 4.92. The Hall–Kier alpha value is -1.49. The van der Waals surface area contributed by atoms with Gasteiger partial charge in [0.05, 0.1) is 5.71 Å². The van der Waals surface area contributed by atoms with Crippen LogP contribution in [0.15, 0.2) is 29.4 Å². The molecule has 1 aromatic carbocycles. The van der Waals surface area contributed by atoms with E-state index < -0.39 is 0 Å². The van der Waals surface area contributed by atoms with Crippen molar-refractivity contribution in [1.29, 1.82) is 0 Å². The monoisotopic (exact) mass is 225 g/mol. The van der Waals surface area contributed by atoms with Gasteiger partial charge < -0.3 is 5.73 Å². The molecule has 0 unspecified atom stereocenters. The molecule has 0 radical (unpaired) electrons. The summed E-state index contributed by atoms with van der Waals surface area (Å²) in [7, 11) is 0. The highest BCUT2D eigenvalue weighted by Gasteiger charge is 2.01. The van der Waals surface area contributed by atoms with Crippen molar-refractivity contribution in [3.63, 3.8) is 0 Å². The average Bonchev–Trinajstić information content (AvgIpc) is 2.21. The number of benzene rings is 1. The van der Waals surface area contributed by atoms with Crippen molar-refractivity contribution >= 4 is 23.0 Å². The second-order valence-corrected chi connectivity index (χ2v) is 3.33. The lowest BCUT2D eigenvalue weighted by molar-refractivity contribution is 0.627. The van der Waals surface area contributed by atoms with Gasteiger partial charge in [-0.15, -0.1) is 0 Å². The highest BCUT2D eigenvalue weighted by Crippen LogP contribution is 2.06. The molecule has 1 aromatic rings. The van der Waals surface area contributed by atoms with Gasteiger partial charge in [0.15, 0.2) is 5.11 Å². The number of nitrogens with two attached hydrogens (primary N) is 1. The van der Waals surface area contributed by atoms with E-state index in [4.69, 9.17) is 5.73 Å². The zero-order valence-electron chi connectivity index (χ0n) is 8.33. The van der Waals surface area contributed by atoms with Crippen molar-refractivity contribution in [2.24, 2.45) is 10.8 Å². The molecule has 0 heterocycles. The molecule has 0 bridgehead atoms. The minimum Gasteiger partial charge on any atom is -0.375 e. The molecule has 15 heavy (non-hydrogen) atoms. The highest BCUT2D eigenvalue weighted by molar-refractivity contribution is 7.80. The Morgan fingerprint density at radius 1 is 1.47 bits per heavy atom. The summed E-state index contributed by atoms with van der Waals surface area (Å²) in [5.74, 6) is -0.267. The van der Waals surface area contributed by atoms with Crippen LogP contribution in [-0.4, -0.2) is 10.8 Å². The number of thiocarbonyl (C=S) groups is 1. The number of hydrogen-bond donors (Lipinski definition) is 2. The van der Waals surface area contributed by atoms with Crippen LogP contribution in [0, 0.1) is 5.82 Å². The highest BCUT2D eigenvalue weighted by atomic mass is 32.1. The Morgan fingerprint density at radius 3 is 2.53 bits per heavy atom. The Balaban J connectivity index is 2.87. The van der Waals surface area contributed by atoms with Gasteiger partial charge in [-0.1, -0.05) is 19.1 Å². The first kappa shape index (κ1) is 11.6. The fourth-order valence-electron chi connectivity index (χ4n) is 1.11. The number of rotatable bonds is 3. The van der Waals surface area contributed by atoms with Gasteiger partial charge in [0, 0.05) is 0 Å². The molecule has 3 N–H and O–H groups in total. The van der Waals surface area contributed by atoms with E-state index >= 15 is 0 Å². The van der Waals surface area contributed by atoms with Crippen LogP contribution in [0.1, 0.15) is 18.9 Å². The van der Waals surface area contributed by atoms with Crippen LogP contribution in [0.25, 0.3) is 0 Å². The summed E-state index contributed by atoms with van der Waals surface area (Å²) in [6.45, 7) is 1.95. The molecule has 0 fully saturated rings. The van der Waals surface area contributed by atoms with E-state index in [-0.39, 0.29) is 10.9 Å². The number of nitrogens with one attached hydrogen (secondary N) is 1. The third-order valence-corrected chi connectivity index (χ3v) is 1.90. The van der Waals surface area contributed by atoms with Crippen LogP contribution in [0.3, 0.4) is 0 Å². The lowest BCUT2D eigenvalue weighted by Crippen LogP contribution is -2.25. The van der Waals surface area contributed by atoms with E-state index in [9.17, 15) is 4.39 Å². The zero-order chi connectivity index (χ0) is 11.3. The molecule has 0 amide bonds. The molecule has 0 saturated heterocycles. The van der Waals surface area contributed by atoms with E-state index in [1.807, 2.05) is 6.92 Å². The molecule has 1 rings (SSSR count). The smallest absolute Gasteiger partial charge is 0.184 e. The maximum atomic E-state index is 12.7. The number of hydrogen-bond acceptors (Lipinski definition) is 2. The first-order chi connectivity index (χ1) is 7.13. The third kappa shape index (κ3) is 3.63. The summed E-state index contributed by atoms with van der Waals surface area (Å²) in [5, 5.41) is 4.13. The normalized spacial score (nSPS) is 11.2. The van der Waals surface area contributed by atoms with Crippen LogP contribution in [0.2, 0.25) is 0 Å². The third-order valence-electron chi connectivity index (χ3n) is 1.81. The summed E-state index contributed by atoms with van der Waals surface area (Å²) >= 11 is 4.63. The summed E-state index contributed by atoms with van der Waals surface area (Å²) in [6, 6.07) is 6.11. The van der Waals surface area contributed by atoms with Crippen molar-refractivity contribution in [2.45, 2.75) is 13.3 Å². The van der Waals surface area contributed by atoms with Gasteiger partial charge >= 0.3 is 0 Å². The molecule has 0 atom stereocenters. The van der Waals surface area contributed by atoms with Gasteiger partial charge in [0.25, 0.3) is 0 Å². The minimum absolute atomic E-state index is 0.114. The lowest BCUT2D eigenvalue weighted by atomic mass is 10.1. The van der Waals surface area contributed by atoms with Crippen molar-refractivity contribution in [3.05, 3.63) is 35.6 Å². The Kier molecular flexibility index (Phi) is 4.17. The van der Waals surface area contributed by atoms with Gasteiger partial charge in [-0.25, -0.2) is 4.39 Å². The molecule has 80 valence electrons. The van der Waals surface area contributed by atoms with E-state index in [1.165, 1.54) is 12.1 Å². The Bertz CT molecular complexity index is 373. The van der Waals surface area contributed by atoms with Crippen molar-refractivity contribution in [3.8, 4) is 0 Å². The molecule has 0 aliphatic carbocycles. The molecule has 0 aliphatic rings. The Morgan fingerprint density at radius 2 is 2.07 bits per heavy atom. The van der Waals surface area contributed by atoms with Crippen LogP contribution in [0.5, 0.6) is 0 Å². The van der Waals surface area contributed by atoms with Crippen molar-refractivity contribution in [1.82, 2.24) is 5.43 Å². The number of nitrogens with zero attached hydrogens (tertiary/aromatic N) is 1. The SMILES string of the molecule is CCC(=NNC(N)=S)c1ccc(F)cc1. The van der Waals surface area contributed by atoms with Crippen LogP contribution >= 0.6 is 12.2 Å². The largest absolute Gasteiger partial charge is 0.375 e. The Labute approximate surface area is 93.2 Å². The quantitative estimate of drug-likeness (QED) is 0.468. The minimum atomic E-state index is -0.267. The van der Waals surface area contributed by atoms with Gasteiger partial charge in [0.2, 0.25) is 0 Å². The second kappa shape index (κ2) is 5.41. The molecule has 0 spiro atoms. The number of hydrazone groups is 1. The maximum absolute atomic E-state index is 12.7. The molecule has 5 heteroatoms. The predicted octanol–water partition coefficient (Wildman–Crippen LogP) is 1.77. The molecule has 3 nitrogen and oxygen atoms in total. The van der Waals surface area contributed by atoms with Crippen molar-refractivity contribution in [2.75, 3.05) is 0 Å². The molecule has 0 saturated carbocycles. The maximum Gasteiger partial charge on any atom is 0.184 e. The zero-order valence-corrected chi connectivity index (χ0v) is 9.14. The van der Waals surface area contributed by atoms with E-state index in [0.717, 1.165) is 11.3 Å². The summed E-state index contributed by atoms with van der Waals surface area (Å²) in [6.07, 6.45) is 0.710. The number of halogens is 1. The van der Waals surface area contributed by atoms with E-state index in [2.05, 4.69) is 22.7 Å².